The van der Waals surface area contributed by atoms with Gasteiger partial charge in [0.05, 0.1) is 24.6 Å². The number of halogens is 1. The predicted octanol–water partition coefficient (Wildman–Crippen LogP) is 2.05. The molecule has 0 bridgehead atoms. The van der Waals surface area contributed by atoms with Crippen LogP contribution in [0, 0.1) is 12.8 Å². The lowest BCUT2D eigenvalue weighted by molar-refractivity contribution is -0.135. The molecule has 2 heterocycles. The first-order valence-corrected chi connectivity index (χ1v) is 8.45. The van der Waals surface area contributed by atoms with Crippen molar-refractivity contribution in [1.29, 1.82) is 0 Å². The molecule has 0 radical (unpaired) electrons. The van der Waals surface area contributed by atoms with Crippen molar-refractivity contribution in [2.75, 3.05) is 25.6 Å². The second kappa shape index (κ2) is 7.33. The monoisotopic (exact) mass is 378 g/mol. The molecule has 1 atom stereocenters. The van der Waals surface area contributed by atoms with Crippen LogP contribution >= 0.6 is 11.6 Å². The molecule has 0 spiro atoms. The number of anilines is 1. The lowest BCUT2D eigenvalue weighted by Gasteiger charge is -2.20. The molecule has 1 aliphatic rings. The van der Waals surface area contributed by atoms with Crippen molar-refractivity contribution in [3.63, 3.8) is 0 Å². The molecule has 1 aliphatic heterocycles. The topological polar surface area (TPSA) is 88.8 Å². The maximum atomic E-state index is 12.7. The van der Waals surface area contributed by atoms with Crippen LogP contribution in [0.3, 0.4) is 0 Å². The first-order valence-electron chi connectivity index (χ1n) is 8.07. The van der Waals surface area contributed by atoms with Gasteiger partial charge in [0.1, 0.15) is 5.75 Å². The van der Waals surface area contributed by atoms with Gasteiger partial charge in [-0.25, -0.2) is 0 Å². The van der Waals surface area contributed by atoms with E-state index in [-0.39, 0.29) is 24.8 Å². The standard InChI is InChI=1S/C17H19ClN4O4/c1-10-19-15(26-20-10)9-21(2)17(24)11-6-16(23)22(8-11)12-4-5-14(25-3)13(18)7-12/h4-5,7,11H,6,8-9H2,1-3H3. The summed E-state index contributed by atoms with van der Waals surface area (Å²) in [6.07, 6.45) is 0.148. The minimum atomic E-state index is -0.433. The van der Waals surface area contributed by atoms with Crippen LogP contribution in [0.4, 0.5) is 5.69 Å². The van der Waals surface area contributed by atoms with Crippen molar-refractivity contribution in [2.45, 2.75) is 19.9 Å². The highest BCUT2D eigenvalue weighted by molar-refractivity contribution is 6.32. The molecule has 3 rings (SSSR count). The molecule has 2 amide bonds. The van der Waals surface area contributed by atoms with Gasteiger partial charge in [0.25, 0.3) is 0 Å². The van der Waals surface area contributed by atoms with Gasteiger partial charge in [-0.1, -0.05) is 16.8 Å². The van der Waals surface area contributed by atoms with Gasteiger partial charge in [-0.05, 0) is 25.1 Å². The second-order valence-electron chi connectivity index (χ2n) is 6.15. The Hall–Kier alpha value is -2.61. The van der Waals surface area contributed by atoms with E-state index in [1.54, 1.807) is 37.1 Å². The minimum absolute atomic E-state index is 0.119. The quantitative estimate of drug-likeness (QED) is 0.791. The number of benzene rings is 1. The number of aryl methyl sites for hydroxylation is 1. The van der Waals surface area contributed by atoms with Crippen LogP contribution in [0.15, 0.2) is 22.7 Å². The summed E-state index contributed by atoms with van der Waals surface area (Å²) in [6, 6.07) is 5.11. The van der Waals surface area contributed by atoms with Crippen molar-refractivity contribution < 1.29 is 18.8 Å². The van der Waals surface area contributed by atoms with E-state index in [4.69, 9.17) is 20.9 Å². The molecule has 1 saturated heterocycles. The molecule has 138 valence electrons. The molecule has 1 aromatic carbocycles. The van der Waals surface area contributed by atoms with Crippen LogP contribution < -0.4 is 9.64 Å². The smallest absolute Gasteiger partial charge is 0.246 e. The third kappa shape index (κ3) is 3.65. The molecule has 9 heteroatoms. The van der Waals surface area contributed by atoms with E-state index in [1.165, 1.54) is 12.0 Å². The number of hydrogen-bond donors (Lipinski definition) is 0. The summed E-state index contributed by atoms with van der Waals surface area (Å²) in [7, 11) is 3.18. The third-order valence-corrected chi connectivity index (χ3v) is 4.53. The van der Waals surface area contributed by atoms with Crippen molar-refractivity contribution in [1.82, 2.24) is 15.0 Å². The SMILES string of the molecule is COc1ccc(N2CC(C(=O)N(C)Cc3nc(C)no3)CC2=O)cc1Cl. The van der Waals surface area contributed by atoms with Gasteiger partial charge in [0, 0.05) is 25.7 Å². The first-order chi connectivity index (χ1) is 12.4. The van der Waals surface area contributed by atoms with Crippen LogP contribution in [0.1, 0.15) is 18.1 Å². The van der Waals surface area contributed by atoms with E-state index in [9.17, 15) is 9.59 Å². The summed E-state index contributed by atoms with van der Waals surface area (Å²) < 4.78 is 10.2. The maximum absolute atomic E-state index is 12.7. The van der Waals surface area contributed by atoms with Crippen LogP contribution in [-0.4, -0.2) is 47.6 Å². The summed E-state index contributed by atoms with van der Waals surface area (Å²) in [5.41, 5.74) is 0.645. The molecular formula is C17H19ClN4O4. The molecule has 0 N–H and O–H groups in total. The van der Waals surface area contributed by atoms with Gasteiger partial charge in [-0.3, -0.25) is 9.59 Å². The third-order valence-electron chi connectivity index (χ3n) is 4.24. The van der Waals surface area contributed by atoms with E-state index >= 15 is 0 Å². The lowest BCUT2D eigenvalue weighted by Crippen LogP contribution is -2.34. The number of ether oxygens (including phenoxy) is 1. The molecule has 2 aromatic rings. The minimum Gasteiger partial charge on any atom is -0.495 e. The Morgan fingerprint density at radius 1 is 1.50 bits per heavy atom. The summed E-state index contributed by atoms with van der Waals surface area (Å²) in [5.74, 6) is 0.713. The molecule has 1 aromatic heterocycles. The molecule has 1 fully saturated rings. The van der Waals surface area contributed by atoms with Gasteiger partial charge in [0.2, 0.25) is 17.7 Å². The Labute approximate surface area is 155 Å². The number of nitrogens with zero attached hydrogens (tertiary/aromatic N) is 4. The predicted molar refractivity (Wildman–Crippen MR) is 94.0 cm³/mol. The number of methoxy groups -OCH3 is 1. The average Bonchev–Trinajstić information content (AvgIpc) is 3.19. The highest BCUT2D eigenvalue weighted by atomic mass is 35.5. The van der Waals surface area contributed by atoms with Gasteiger partial charge < -0.3 is 19.1 Å². The van der Waals surface area contributed by atoms with E-state index in [0.717, 1.165) is 0 Å². The maximum Gasteiger partial charge on any atom is 0.246 e. The van der Waals surface area contributed by atoms with Crippen molar-refractivity contribution in [3.05, 3.63) is 34.9 Å². The number of aromatic nitrogens is 2. The van der Waals surface area contributed by atoms with Gasteiger partial charge in [-0.2, -0.15) is 4.98 Å². The number of carbonyl (C=O) groups excluding carboxylic acids is 2. The van der Waals surface area contributed by atoms with Crippen LogP contribution in [0.25, 0.3) is 0 Å². The van der Waals surface area contributed by atoms with Gasteiger partial charge in [-0.15, -0.1) is 0 Å². The Balaban J connectivity index is 1.68. The Morgan fingerprint density at radius 3 is 2.88 bits per heavy atom. The number of carbonyl (C=O) groups is 2. The molecule has 8 nitrogen and oxygen atoms in total. The zero-order chi connectivity index (χ0) is 18.8. The van der Waals surface area contributed by atoms with Crippen molar-refractivity contribution in [2.24, 2.45) is 5.92 Å². The average molecular weight is 379 g/mol. The summed E-state index contributed by atoms with van der Waals surface area (Å²) in [5, 5.41) is 4.12. The number of amides is 2. The Morgan fingerprint density at radius 2 is 2.27 bits per heavy atom. The lowest BCUT2D eigenvalue weighted by atomic mass is 10.1. The van der Waals surface area contributed by atoms with E-state index in [2.05, 4.69) is 10.1 Å². The van der Waals surface area contributed by atoms with E-state index < -0.39 is 5.92 Å². The summed E-state index contributed by atoms with van der Waals surface area (Å²) in [6.45, 7) is 2.22. The van der Waals surface area contributed by atoms with E-state index in [0.29, 0.717) is 34.7 Å². The zero-order valence-electron chi connectivity index (χ0n) is 14.7. The fraction of sp³-hybridized carbons (Fsp3) is 0.412. The fourth-order valence-corrected chi connectivity index (χ4v) is 3.19. The summed E-state index contributed by atoms with van der Waals surface area (Å²) >= 11 is 6.14. The highest BCUT2D eigenvalue weighted by Gasteiger charge is 2.37. The van der Waals surface area contributed by atoms with Crippen LogP contribution in [-0.2, 0) is 16.1 Å². The Kier molecular flexibility index (Phi) is 5.13. The van der Waals surface area contributed by atoms with Crippen LogP contribution in [0.2, 0.25) is 5.02 Å². The number of rotatable bonds is 5. The molecular weight excluding hydrogens is 360 g/mol. The van der Waals surface area contributed by atoms with Crippen molar-refractivity contribution in [3.8, 4) is 5.75 Å². The molecule has 26 heavy (non-hydrogen) atoms. The Bertz CT molecular complexity index is 838. The highest BCUT2D eigenvalue weighted by Crippen LogP contribution is 2.32. The second-order valence-corrected chi connectivity index (χ2v) is 6.56. The van der Waals surface area contributed by atoms with Crippen molar-refractivity contribution >= 4 is 29.1 Å². The number of hydrogen-bond acceptors (Lipinski definition) is 6. The van der Waals surface area contributed by atoms with Gasteiger partial charge in [0.15, 0.2) is 5.82 Å². The normalized spacial score (nSPS) is 16.8. The molecule has 0 saturated carbocycles. The largest absolute Gasteiger partial charge is 0.495 e. The summed E-state index contributed by atoms with van der Waals surface area (Å²) in [4.78, 5) is 32.2. The zero-order valence-corrected chi connectivity index (χ0v) is 15.5. The first kappa shape index (κ1) is 18.2. The van der Waals surface area contributed by atoms with Gasteiger partial charge >= 0.3 is 0 Å². The fourth-order valence-electron chi connectivity index (χ4n) is 2.94. The van der Waals surface area contributed by atoms with Crippen LogP contribution in [0.5, 0.6) is 5.75 Å². The molecule has 1 unspecified atom stereocenters. The molecule has 0 aliphatic carbocycles. The van der Waals surface area contributed by atoms with E-state index in [1.807, 2.05) is 0 Å².